The Labute approximate surface area is 175 Å². The van der Waals surface area contributed by atoms with Crippen molar-refractivity contribution in [1.29, 1.82) is 0 Å². The van der Waals surface area contributed by atoms with Gasteiger partial charge in [-0.25, -0.2) is 4.98 Å². The zero-order chi connectivity index (χ0) is 21.0. The number of nitrogens with one attached hydrogen (secondary N) is 1. The van der Waals surface area contributed by atoms with E-state index in [9.17, 15) is 9.59 Å². The van der Waals surface area contributed by atoms with Crippen LogP contribution in [-0.4, -0.2) is 51.8 Å². The fourth-order valence-electron chi connectivity index (χ4n) is 4.14. The van der Waals surface area contributed by atoms with Crippen molar-refractivity contribution >= 4 is 11.8 Å². The summed E-state index contributed by atoms with van der Waals surface area (Å²) in [7, 11) is 1.64. The van der Waals surface area contributed by atoms with Gasteiger partial charge in [-0.15, -0.1) is 0 Å². The highest BCUT2D eigenvalue weighted by molar-refractivity contribution is 5.93. The molecule has 2 amide bonds. The number of carbonyl (C=O) groups is 2. The predicted molar refractivity (Wildman–Crippen MR) is 112 cm³/mol. The molecule has 7 nitrogen and oxygen atoms in total. The predicted octanol–water partition coefficient (Wildman–Crippen LogP) is 2.36. The first-order chi connectivity index (χ1) is 14.6. The summed E-state index contributed by atoms with van der Waals surface area (Å²) in [4.78, 5) is 39.8. The van der Waals surface area contributed by atoms with E-state index in [0.29, 0.717) is 31.6 Å². The first kappa shape index (κ1) is 19.7. The van der Waals surface area contributed by atoms with Crippen molar-refractivity contribution in [3.63, 3.8) is 0 Å². The Morgan fingerprint density at radius 2 is 1.87 bits per heavy atom. The number of aromatic nitrogens is 3. The van der Waals surface area contributed by atoms with Gasteiger partial charge in [0.05, 0.1) is 11.6 Å². The third kappa shape index (κ3) is 3.78. The Hall–Kier alpha value is -3.61. The molecular weight excluding hydrogens is 378 g/mol. The highest BCUT2D eigenvalue weighted by atomic mass is 16.2. The van der Waals surface area contributed by atoms with Crippen LogP contribution in [0.4, 0.5) is 0 Å². The largest absolute Gasteiger partial charge is 0.359 e. The van der Waals surface area contributed by atoms with E-state index in [4.69, 9.17) is 0 Å². The van der Waals surface area contributed by atoms with Gasteiger partial charge in [0.25, 0.3) is 5.91 Å². The maximum atomic E-state index is 13.0. The summed E-state index contributed by atoms with van der Waals surface area (Å²) in [6.45, 7) is 0.840. The van der Waals surface area contributed by atoms with Crippen LogP contribution in [0.15, 0.2) is 67.4 Å². The molecule has 0 saturated carbocycles. The smallest absolute Gasteiger partial charge is 0.274 e. The second-order valence-corrected chi connectivity index (χ2v) is 7.50. The van der Waals surface area contributed by atoms with Gasteiger partial charge >= 0.3 is 0 Å². The minimum Gasteiger partial charge on any atom is -0.359 e. The fraction of sp³-hybridized carbons (Fsp3) is 0.261. The van der Waals surface area contributed by atoms with E-state index in [1.165, 1.54) is 18.6 Å². The number of carbonyl (C=O) groups excluding carboxylic acids is 2. The van der Waals surface area contributed by atoms with E-state index < -0.39 is 5.41 Å². The Kier molecular flexibility index (Phi) is 5.52. The van der Waals surface area contributed by atoms with Crippen LogP contribution >= 0.6 is 0 Å². The summed E-state index contributed by atoms with van der Waals surface area (Å²) in [5, 5.41) is 2.81. The molecule has 1 fully saturated rings. The minimum atomic E-state index is -0.699. The lowest BCUT2D eigenvalue weighted by molar-refractivity contribution is -0.129. The number of pyridine rings is 1. The first-order valence-electron chi connectivity index (χ1n) is 9.89. The molecule has 0 unspecified atom stereocenters. The highest BCUT2D eigenvalue weighted by Crippen LogP contribution is 2.37. The average molecular weight is 401 g/mol. The van der Waals surface area contributed by atoms with Crippen LogP contribution in [0.25, 0.3) is 11.1 Å². The van der Waals surface area contributed by atoms with Crippen molar-refractivity contribution in [2.45, 2.75) is 12.8 Å². The Morgan fingerprint density at radius 1 is 1.07 bits per heavy atom. The lowest BCUT2D eigenvalue weighted by atomic mass is 9.78. The molecule has 1 atom stereocenters. The van der Waals surface area contributed by atoms with Gasteiger partial charge in [-0.05, 0) is 41.7 Å². The van der Waals surface area contributed by atoms with Crippen molar-refractivity contribution in [2.75, 3.05) is 20.1 Å². The van der Waals surface area contributed by atoms with Crippen molar-refractivity contribution in [3.8, 4) is 11.1 Å². The maximum absolute atomic E-state index is 13.0. The fourth-order valence-corrected chi connectivity index (χ4v) is 4.14. The molecule has 1 aliphatic rings. The van der Waals surface area contributed by atoms with Gasteiger partial charge in [-0.1, -0.05) is 24.3 Å². The molecule has 0 spiro atoms. The van der Waals surface area contributed by atoms with Gasteiger partial charge in [0.2, 0.25) is 5.91 Å². The number of hydrogen-bond donors (Lipinski definition) is 1. The summed E-state index contributed by atoms with van der Waals surface area (Å²) < 4.78 is 0. The van der Waals surface area contributed by atoms with Crippen LogP contribution in [0.3, 0.4) is 0 Å². The van der Waals surface area contributed by atoms with E-state index in [0.717, 1.165) is 16.7 Å². The second-order valence-electron chi connectivity index (χ2n) is 7.50. The zero-order valence-electron chi connectivity index (χ0n) is 16.8. The van der Waals surface area contributed by atoms with Crippen molar-refractivity contribution < 1.29 is 9.59 Å². The molecule has 7 heteroatoms. The van der Waals surface area contributed by atoms with E-state index in [1.54, 1.807) is 24.3 Å². The number of nitrogens with zero attached hydrogens (tertiary/aromatic N) is 4. The molecule has 2 aromatic heterocycles. The van der Waals surface area contributed by atoms with Gasteiger partial charge in [0, 0.05) is 44.9 Å². The molecule has 0 aliphatic carbocycles. The van der Waals surface area contributed by atoms with Crippen LogP contribution in [0, 0.1) is 5.41 Å². The van der Waals surface area contributed by atoms with Gasteiger partial charge in [0.15, 0.2) is 0 Å². The van der Waals surface area contributed by atoms with Crippen LogP contribution in [0.1, 0.15) is 22.5 Å². The Balaban J connectivity index is 1.64. The molecule has 3 heterocycles. The second kappa shape index (κ2) is 8.41. The summed E-state index contributed by atoms with van der Waals surface area (Å²) in [6.07, 6.45) is 9.14. The van der Waals surface area contributed by atoms with E-state index in [2.05, 4.69) is 26.3 Å². The molecule has 4 rings (SSSR count). The van der Waals surface area contributed by atoms with Gasteiger partial charge in [-0.3, -0.25) is 19.6 Å². The Bertz CT molecular complexity index is 1040. The third-order valence-electron chi connectivity index (χ3n) is 5.67. The lowest BCUT2D eigenvalue weighted by Crippen LogP contribution is -2.44. The SMILES string of the molecule is CNC(=O)[C@]1(Cc2ccccc2-c2ccncc2)CCN(C(=O)c2cnccn2)C1. The highest BCUT2D eigenvalue weighted by Gasteiger charge is 2.46. The van der Waals surface area contributed by atoms with Gasteiger partial charge in [0.1, 0.15) is 5.69 Å². The standard InChI is InChI=1S/C23H23N5O2/c1-24-22(30)23(8-13-28(16-23)21(29)20-15-26-11-12-27-20)14-18-4-2-3-5-19(18)17-6-9-25-10-7-17/h2-7,9-12,15H,8,13-14,16H2,1H3,(H,24,30)/t23-/m0/s1. The Morgan fingerprint density at radius 3 is 2.60 bits per heavy atom. The molecule has 0 bridgehead atoms. The molecular formula is C23H23N5O2. The van der Waals surface area contributed by atoms with E-state index in [1.807, 2.05) is 30.3 Å². The van der Waals surface area contributed by atoms with Crippen LogP contribution < -0.4 is 5.32 Å². The quantitative estimate of drug-likeness (QED) is 0.709. The van der Waals surface area contributed by atoms with Crippen molar-refractivity contribution in [1.82, 2.24) is 25.2 Å². The monoisotopic (exact) mass is 401 g/mol. The van der Waals surface area contributed by atoms with Crippen LogP contribution in [0.5, 0.6) is 0 Å². The van der Waals surface area contributed by atoms with Crippen molar-refractivity contribution in [2.24, 2.45) is 5.41 Å². The molecule has 152 valence electrons. The summed E-state index contributed by atoms with van der Waals surface area (Å²) in [5.74, 6) is -0.252. The third-order valence-corrected chi connectivity index (χ3v) is 5.67. The summed E-state index contributed by atoms with van der Waals surface area (Å²) in [6, 6.07) is 12.0. The number of hydrogen-bond acceptors (Lipinski definition) is 5. The summed E-state index contributed by atoms with van der Waals surface area (Å²) >= 11 is 0. The van der Waals surface area contributed by atoms with E-state index in [-0.39, 0.29) is 11.8 Å². The molecule has 1 saturated heterocycles. The molecule has 1 aliphatic heterocycles. The summed E-state index contributed by atoms with van der Waals surface area (Å²) in [5.41, 5.74) is 2.79. The van der Waals surface area contributed by atoms with E-state index >= 15 is 0 Å². The number of likely N-dealkylation sites (tertiary alicyclic amines) is 1. The lowest BCUT2D eigenvalue weighted by Gasteiger charge is -2.28. The normalized spacial score (nSPS) is 18.2. The number of benzene rings is 1. The van der Waals surface area contributed by atoms with Crippen molar-refractivity contribution in [3.05, 3.63) is 78.6 Å². The van der Waals surface area contributed by atoms with Gasteiger partial charge in [-0.2, -0.15) is 0 Å². The van der Waals surface area contributed by atoms with Crippen LogP contribution in [-0.2, 0) is 11.2 Å². The molecule has 1 aromatic carbocycles. The zero-order valence-corrected chi connectivity index (χ0v) is 16.8. The molecule has 3 aromatic rings. The van der Waals surface area contributed by atoms with Crippen LogP contribution in [0.2, 0.25) is 0 Å². The maximum Gasteiger partial charge on any atom is 0.274 e. The minimum absolute atomic E-state index is 0.0542. The number of rotatable bonds is 5. The average Bonchev–Trinajstić information content (AvgIpc) is 3.24. The van der Waals surface area contributed by atoms with Gasteiger partial charge < -0.3 is 10.2 Å². The molecule has 1 N–H and O–H groups in total. The first-order valence-corrected chi connectivity index (χ1v) is 9.89. The topological polar surface area (TPSA) is 88.1 Å². The molecule has 0 radical (unpaired) electrons. The molecule has 30 heavy (non-hydrogen) atoms. The number of amides is 2.